The van der Waals surface area contributed by atoms with E-state index in [-0.39, 0.29) is 36.2 Å². The van der Waals surface area contributed by atoms with Gasteiger partial charge in [0.05, 0.1) is 50.4 Å². The lowest BCUT2D eigenvalue weighted by molar-refractivity contribution is -0.147. The van der Waals surface area contributed by atoms with Crippen molar-refractivity contribution in [3.63, 3.8) is 0 Å². The van der Waals surface area contributed by atoms with Crippen LogP contribution in [0.4, 0.5) is 0 Å². The predicted octanol–water partition coefficient (Wildman–Crippen LogP) is 7.92. The molecule has 0 bridgehead atoms. The van der Waals surface area contributed by atoms with Gasteiger partial charge in [-0.15, -0.1) is 0 Å². The highest BCUT2D eigenvalue weighted by molar-refractivity contribution is 7.91. The summed E-state index contributed by atoms with van der Waals surface area (Å²) in [6.45, 7) is 14.6. The zero-order chi connectivity index (χ0) is 38.7. The van der Waals surface area contributed by atoms with Crippen molar-refractivity contribution in [1.29, 1.82) is 0 Å². The first kappa shape index (κ1) is 40.5. The maximum atomic E-state index is 13.6. The molecule has 0 heterocycles. The van der Waals surface area contributed by atoms with Crippen LogP contribution in [-0.4, -0.2) is 60.0 Å². The lowest BCUT2D eigenvalue weighted by Crippen LogP contribution is -2.20. The Morgan fingerprint density at radius 1 is 0.585 bits per heavy atom. The van der Waals surface area contributed by atoms with Crippen LogP contribution in [0, 0.1) is 0 Å². The molecular weight excluding hydrogens is 697 g/mol. The number of sulfone groups is 1. The average molecular weight is 743 g/mol. The fourth-order valence-corrected chi connectivity index (χ4v) is 6.50. The zero-order valence-corrected chi connectivity index (χ0v) is 31.8. The molecule has 0 spiro atoms. The summed E-state index contributed by atoms with van der Waals surface area (Å²) in [7, 11) is -0.661. The van der Waals surface area contributed by atoms with Crippen LogP contribution in [0.25, 0.3) is 22.3 Å². The van der Waals surface area contributed by atoms with E-state index in [9.17, 15) is 18.0 Å². The van der Waals surface area contributed by atoms with E-state index >= 15 is 0 Å². The summed E-state index contributed by atoms with van der Waals surface area (Å²) in [5, 5.41) is 0. The number of ether oxygens (including phenoxy) is 6. The standard InChI is InChI=1S/C42H46O10S/c1-27(2)41(43)51-29(5)23-49-25-35-21-33(13-19-39(35)47-7)31-9-15-37(16-10-31)53(45,46)38-17-11-32(12-18-38)34-14-20-40(48-8)36(22-34)26-50-24-30(6)52-42(44)28(3)4/h9-22,29-30H,1,3,23-26H2,2,4-8H3. The molecule has 10 nitrogen and oxygen atoms in total. The topological polar surface area (TPSA) is 124 Å². The second-order valence-corrected chi connectivity index (χ2v) is 14.6. The summed E-state index contributed by atoms with van der Waals surface area (Å²) in [6.07, 6.45) is -0.912. The summed E-state index contributed by atoms with van der Waals surface area (Å²) in [5.74, 6) is 0.329. The molecule has 0 saturated heterocycles. The van der Waals surface area contributed by atoms with Crippen molar-refractivity contribution in [2.75, 3.05) is 27.4 Å². The molecule has 0 aliphatic rings. The largest absolute Gasteiger partial charge is 0.496 e. The molecule has 0 aliphatic carbocycles. The van der Waals surface area contributed by atoms with Crippen molar-refractivity contribution < 1.29 is 46.4 Å². The first-order chi connectivity index (χ1) is 25.2. The van der Waals surface area contributed by atoms with Gasteiger partial charge in [0.25, 0.3) is 0 Å². The molecule has 280 valence electrons. The molecule has 11 heteroatoms. The first-order valence-electron chi connectivity index (χ1n) is 16.9. The molecule has 2 atom stereocenters. The molecular formula is C42H46O10S. The molecule has 4 aromatic rings. The third-order valence-corrected chi connectivity index (χ3v) is 9.88. The third kappa shape index (κ3) is 10.9. The number of carbonyl (C=O) groups excluding carboxylic acids is 2. The number of esters is 2. The van der Waals surface area contributed by atoms with E-state index in [4.69, 9.17) is 28.4 Å². The van der Waals surface area contributed by atoms with Crippen LogP contribution < -0.4 is 9.47 Å². The van der Waals surface area contributed by atoms with Crippen LogP contribution in [0.5, 0.6) is 11.5 Å². The zero-order valence-electron chi connectivity index (χ0n) is 31.0. The molecule has 53 heavy (non-hydrogen) atoms. The van der Waals surface area contributed by atoms with Crippen LogP contribution in [0.15, 0.2) is 119 Å². The summed E-state index contributed by atoms with van der Waals surface area (Å²) >= 11 is 0. The van der Waals surface area contributed by atoms with E-state index in [0.717, 1.165) is 33.4 Å². The predicted molar refractivity (Wildman–Crippen MR) is 202 cm³/mol. The van der Waals surface area contributed by atoms with Crippen molar-refractivity contribution in [2.45, 2.75) is 62.9 Å². The van der Waals surface area contributed by atoms with Gasteiger partial charge in [-0.2, -0.15) is 0 Å². The minimum Gasteiger partial charge on any atom is -0.496 e. The highest BCUT2D eigenvalue weighted by Crippen LogP contribution is 2.32. The van der Waals surface area contributed by atoms with E-state index in [1.165, 1.54) is 0 Å². The van der Waals surface area contributed by atoms with Gasteiger partial charge in [0.1, 0.15) is 23.7 Å². The van der Waals surface area contributed by atoms with Gasteiger partial charge in [-0.25, -0.2) is 18.0 Å². The Bertz CT molecular complexity index is 1890. The fourth-order valence-electron chi connectivity index (χ4n) is 5.24. The smallest absolute Gasteiger partial charge is 0.333 e. The van der Waals surface area contributed by atoms with Crippen LogP contribution in [0.2, 0.25) is 0 Å². The molecule has 0 fully saturated rings. The SMILES string of the molecule is C=C(C)C(=O)OC(C)COCc1cc(-c2ccc(S(=O)(=O)c3ccc(-c4ccc(OC)c(COCC(C)OC(=O)C(=C)C)c4)cc3)cc2)ccc1OC. The van der Waals surface area contributed by atoms with Crippen molar-refractivity contribution >= 4 is 21.8 Å². The van der Waals surface area contributed by atoms with Gasteiger partial charge in [0.15, 0.2) is 0 Å². The Labute approximate surface area is 311 Å². The van der Waals surface area contributed by atoms with Gasteiger partial charge < -0.3 is 28.4 Å². The average Bonchev–Trinajstić information content (AvgIpc) is 3.14. The number of carbonyl (C=O) groups is 2. The second kappa shape index (κ2) is 18.5. The molecule has 0 saturated carbocycles. The fraction of sp³-hybridized carbons (Fsp3) is 0.286. The summed E-state index contributed by atoms with van der Waals surface area (Å²) in [5.41, 5.74) is 5.54. The van der Waals surface area contributed by atoms with Crippen molar-refractivity contribution in [3.8, 4) is 33.8 Å². The number of hydrogen-bond acceptors (Lipinski definition) is 10. The van der Waals surface area contributed by atoms with Crippen LogP contribution in [-0.2, 0) is 51.6 Å². The van der Waals surface area contributed by atoms with E-state index in [0.29, 0.717) is 22.6 Å². The van der Waals surface area contributed by atoms with Crippen molar-refractivity contribution in [1.82, 2.24) is 0 Å². The minimum absolute atomic E-state index is 0.163. The number of methoxy groups -OCH3 is 2. The van der Waals surface area contributed by atoms with Gasteiger partial charge in [0, 0.05) is 22.3 Å². The molecule has 2 unspecified atom stereocenters. The summed E-state index contributed by atoms with van der Waals surface area (Å²) in [6, 6.07) is 24.7. The van der Waals surface area contributed by atoms with Crippen LogP contribution in [0.1, 0.15) is 38.8 Å². The maximum Gasteiger partial charge on any atom is 0.333 e. The van der Waals surface area contributed by atoms with Gasteiger partial charge in [-0.1, -0.05) is 49.6 Å². The van der Waals surface area contributed by atoms with Crippen molar-refractivity contribution in [3.05, 3.63) is 120 Å². The maximum absolute atomic E-state index is 13.6. The molecule has 4 aromatic carbocycles. The highest BCUT2D eigenvalue weighted by atomic mass is 32.2. The Hall–Kier alpha value is -5.23. The Balaban J connectivity index is 1.43. The van der Waals surface area contributed by atoms with E-state index in [2.05, 4.69) is 13.2 Å². The lowest BCUT2D eigenvalue weighted by atomic mass is 10.0. The Morgan fingerprint density at radius 3 is 1.25 bits per heavy atom. The molecule has 0 amide bonds. The van der Waals surface area contributed by atoms with Crippen LogP contribution >= 0.6 is 0 Å². The molecule has 4 rings (SSSR count). The van der Waals surface area contributed by atoms with E-state index in [1.807, 2.05) is 36.4 Å². The van der Waals surface area contributed by atoms with Crippen molar-refractivity contribution in [2.24, 2.45) is 0 Å². The van der Waals surface area contributed by atoms with Gasteiger partial charge >= 0.3 is 11.9 Å². The molecule has 0 N–H and O–H groups in total. The molecule has 0 aromatic heterocycles. The molecule has 0 aliphatic heterocycles. The van der Waals surface area contributed by atoms with E-state index < -0.39 is 34.0 Å². The lowest BCUT2D eigenvalue weighted by Gasteiger charge is -2.15. The Kier molecular flexibility index (Phi) is 14.2. The summed E-state index contributed by atoms with van der Waals surface area (Å²) in [4.78, 5) is 23.9. The summed E-state index contributed by atoms with van der Waals surface area (Å²) < 4.78 is 60.4. The monoisotopic (exact) mass is 742 g/mol. The molecule has 0 radical (unpaired) electrons. The van der Waals surface area contributed by atoms with Gasteiger partial charge in [-0.3, -0.25) is 0 Å². The normalized spacial score (nSPS) is 12.3. The third-order valence-electron chi connectivity index (χ3n) is 8.09. The van der Waals surface area contributed by atoms with Gasteiger partial charge in [-0.05, 0) is 98.5 Å². The first-order valence-corrected chi connectivity index (χ1v) is 18.4. The highest BCUT2D eigenvalue weighted by Gasteiger charge is 2.19. The van der Waals surface area contributed by atoms with E-state index in [1.54, 1.807) is 90.4 Å². The number of benzene rings is 4. The van der Waals surface area contributed by atoms with Crippen LogP contribution in [0.3, 0.4) is 0 Å². The Morgan fingerprint density at radius 2 is 0.925 bits per heavy atom. The van der Waals surface area contributed by atoms with Gasteiger partial charge in [0.2, 0.25) is 9.84 Å². The second-order valence-electron chi connectivity index (χ2n) is 12.6. The number of rotatable bonds is 18. The minimum atomic E-state index is -3.81. The quantitative estimate of drug-likeness (QED) is 0.0734. The number of hydrogen-bond donors (Lipinski definition) is 0.